The molecule has 0 radical (unpaired) electrons. The van der Waals surface area contributed by atoms with Gasteiger partial charge in [0, 0.05) is 11.3 Å². The molecule has 31 heavy (non-hydrogen) atoms. The van der Waals surface area contributed by atoms with Crippen LogP contribution in [0.1, 0.15) is 52.7 Å². The molecule has 1 amide bonds. The molecule has 6 rings (SSSR count). The molecule has 0 unspecified atom stereocenters. The highest BCUT2D eigenvalue weighted by molar-refractivity contribution is 6.04. The molecule has 0 spiro atoms. The summed E-state index contributed by atoms with van der Waals surface area (Å²) in [5.41, 5.74) is 4.53. The van der Waals surface area contributed by atoms with Crippen molar-refractivity contribution < 1.29 is 9.18 Å². The molecule has 2 bridgehead atoms. The second-order valence-corrected chi connectivity index (χ2v) is 9.21. The number of carbonyl (C=O) groups excluding carboxylic acids is 1. The maximum absolute atomic E-state index is 14.0. The lowest BCUT2D eigenvalue weighted by Crippen LogP contribution is -2.35. The van der Waals surface area contributed by atoms with Crippen LogP contribution in [0.2, 0.25) is 0 Å². The summed E-state index contributed by atoms with van der Waals surface area (Å²) in [5.74, 6) is 1.76. The van der Waals surface area contributed by atoms with E-state index in [1.807, 2.05) is 18.2 Å². The number of hydrogen-bond donors (Lipinski definition) is 2. The number of benzene rings is 3. The van der Waals surface area contributed by atoms with Crippen LogP contribution in [0.5, 0.6) is 0 Å². The van der Waals surface area contributed by atoms with E-state index >= 15 is 0 Å². The van der Waals surface area contributed by atoms with Gasteiger partial charge >= 0.3 is 0 Å². The van der Waals surface area contributed by atoms with Crippen molar-refractivity contribution in [2.75, 3.05) is 10.6 Å². The van der Waals surface area contributed by atoms with Crippen LogP contribution in [-0.2, 0) is 0 Å². The molecule has 2 aliphatic carbocycles. The van der Waals surface area contributed by atoms with Gasteiger partial charge in [-0.2, -0.15) is 0 Å². The van der Waals surface area contributed by atoms with Crippen molar-refractivity contribution in [3.63, 3.8) is 0 Å². The van der Waals surface area contributed by atoms with Crippen LogP contribution in [0.15, 0.2) is 72.8 Å². The summed E-state index contributed by atoms with van der Waals surface area (Å²) < 4.78 is 14.0. The number of nitrogens with one attached hydrogen (secondary N) is 2. The molecule has 3 aromatic rings. The third-order valence-electron chi connectivity index (χ3n) is 7.63. The van der Waals surface area contributed by atoms with Gasteiger partial charge in [0.05, 0.1) is 11.7 Å². The molecule has 3 aliphatic rings. The van der Waals surface area contributed by atoms with Crippen LogP contribution in [0.4, 0.5) is 15.8 Å². The number of carbonyl (C=O) groups is 1. The molecule has 2 saturated carbocycles. The first-order valence-corrected chi connectivity index (χ1v) is 11.2. The fourth-order valence-corrected chi connectivity index (χ4v) is 6.37. The third kappa shape index (κ3) is 3.04. The van der Waals surface area contributed by atoms with Crippen molar-refractivity contribution in [1.29, 1.82) is 0 Å². The maximum Gasteiger partial charge on any atom is 0.255 e. The van der Waals surface area contributed by atoms with Gasteiger partial charge in [-0.05, 0) is 84.4 Å². The lowest BCUT2D eigenvalue weighted by atomic mass is 9.68. The van der Waals surface area contributed by atoms with Crippen molar-refractivity contribution in [2.45, 2.75) is 31.2 Å². The smallest absolute Gasteiger partial charge is 0.255 e. The molecule has 2 fully saturated rings. The van der Waals surface area contributed by atoms with Gasteiger partial charge in [0.2, 0.25) is 0 Å². The Balaban J connectivity index is 1.36. The Hall–Kier alpha value is -3.14. The first-order chi connectivity index (χ1) is 15.2. The Bertz CT molecular complexity index is 1140. The second kappa shape index (κ2) is 7.23. The number of amides is 1. The fraction of sp³-hybridized carbons (Fsp3) is 0.296. The first-order valence-electron chi connectivity index (χ1n) is 11.2. The molecule has 3 aromatic carbocycles. The summed E-state index contributed by atoms with van der Waals surface area (Å²) in [7, 11) is 0. The SMILES string of the molecule is O=C(Nc1ccccc1F)c1ccc2c(c1)[C@H]1[C@H]3CC[C@H](C3)[C@@H]1[C@@H](c1ccccc1)N2. The predicted molar refractivity (Wildman–Crippen MR) is 121 cm³/mol. The van der Waals surface area contributed by atoms with Crippen molar-refractivity contribution in [3.8, 4) is 0 Å². The fourth-order valence-electron chi connectivity index (χ4n) is 6.37. The Morgan fingerprint density at radius 2 is 1.71 bits per heavy atom. The summed E-state index contributed by atoms with van der Waals surface area (Å²) in [6.45, 7) is 0. The van der Waals surface area contributed by atoms with Gasteiger partial charge in [0.25, 0.3) is 5.91 Å². The normalized spacial score (nSPS) is 27.8. The Labute approximate surface area is 181 Å². The quantitative estimate of drug-likeness (QED) is 0.524. The monoisotopic (exact) mass is 412 g/mol. The maximum atomic E-state index is 14.0. The van der Waals surface area contributed by atoms with E-state index in [0.29, 0.717) is 29.4 Å². The minimum Gasteiger partial charge on any atom is -0.378 e. The van der Waals surface area contributed by atoms with Crippen molar-refractivity contribution in [2.24, 2.45) is 17.8 Å². The lowest BCUT2D eigenvalue weighted by Gasteiger charge is -2.43. The van der Waals surface area contributed by atoms with Gasteiger partial charge in [-0.3, -0.25) is 4.79 Å². The Morgan fingerprint density at radius 3 is 2.55 bits per heavy atom. The van der Waals surface area contributed by atoms with Crippen LogP contribution in [0.3, 0.4) is 0 Å². The molecular weight excluding hydrogens is 387 g/mol. The number of hydrogen-bond acceptors (Lipinski definition) is 2. The lowest BCUT2D eigenvalue weighted by molar-refractivity contribution is 0.102. The average molecular weight is 413 g/mol. The molecule has 2 N–H and O–H groups in total. The predicted octanol–water partition coefficient (Wildman–Crippen LogP) is 6.37. The number of halogens is 1. The molecule has 1 heterocycles. The zero-order valence-electron chi connectivity index (χ0n) is 17.2. The second-order valence-electron chi connectivity index (χ2n) is 9.21. The zero-order valence-corrected chi connectivity index (χ0v) is 17.2. The minimum absolute atomic E-state index is 0.213. The van der Waals surface area contributed by atoms with Gasteiger partial charge < -0.3 is 10.6 Å². The van der Waals surface area contributed by atoms with Gasteiger partial charge in [0.15, 0.2) is 0 Å². The largest absolute Gasteiger partial charge is 0.378 e. The van der Waals surface area contributed by atoms with Gasteiger partial charge in [-0.25, -0.2) is 4.39 Å². The first kappa shape index (κ1) is 18.6. The van der Waals surface area contributed by atoms with Crippen LogP contribution in [0, 0.1) is 23.6 Å². The highest BCUT2D eigenvalue weighted by atomic mass is 19.1. The van der Waals surface area contributed by atoms with Crippen LogP contribution < -0.4 is 10.6 Å². The molecular formula is C27H25FN2O. The Kier molecular flexibility index (Phi) is 4.34. The molecule has 0 aromatic heterocycles. The number of para-hydroxylation sites is 1. The Morgan fingerprint density at radius 1 is 0.935 bits per heavy atom. The van der Waals surface area contributed by atoms with Crippen molar-refractivity contribution >= 4 is 17.3 Å². The van der Waals surface area contributed by atoms with E-state index in [1.165, 1.54) is 36.5 Å². The third-order valence-corrected chi connectivity index (χ3v) is 7.63. The highest BCUT2D eigenvalue weighted by Gasteiger charge is 2.53. The van der Waals surface area contributed by atoms with E-state index in [1.54, 1.807) is 18.2 Å². The zero-order chi connectivity index (χ0) is 20.9. The standard InChI is InChI=1S/C27H25FN2O/c28-21-8-4-5-9-23(21)30-27(31)19-12-13-22-20(15-19)24-17-10-11-18(14-17)25(24)26(29-22)16-6-2-1-3-7-16/h1-9,12-13,15,17-18,24-26,29H,10-11,14H2,(H,30,31)/t17-,18+,24+,25-,26+/m0/s1. The van der Waals surface area contributed by atoms with Crippen LogP contribution in [0.25, 0.3) is 0 Å². The van der Waals surface area contributed by atoms with Gasteiger partial charge in [-0.15, -0.1) is 0 Å². The van der Waals surface area contributed by atoms with Crippen molar-refractivity contribution in [1.82, 2.24) is 0 Å². The summed E-state index contributed by atoms with van der Waals surface area (Å²) in [5, 5.41) is 6.53. The van der Waals surface area contributed by atoms with E-state index in [4.69, 9.17) is 0 Å². The topological polar surface area (TPSA) is 41.1 Å². The van der Waals surface area contributed by atoms with E-state index in [2.05, 4.69) is 41.0 Å². The van der Waals surface area contributed by atoms with Crippen LogP contribution in [-0.4, -0.2) is 5.91 Å². The van der Waals surface area contributed by atoms with E-state index in [9.17, 15) is 9.18 Å². The molecule has 156 valence electrons. The van der Waals surface area contributed by atoms with E-state index in [-0.39, 0.29) is 11.6 Å². The number of fused-ring (bicyclic) bond motifs is 7. The van der Waals surface area contributed by atoms with E-state index < -0.39 is 5.82 Å². The van der Waals surface area contributed by atoms with Crippen molar-refractivity contribution in [3.05, 3.63) is 95.3 Å². The number of rotatable bonds is 3. The summed E-state index contributed by atoms with van der Waals surface area (Å²) in [6.07, 6.45) is 3.86. The molecule has 5 atom stereocenters. The summed E-state index contributed by atoms with van der Waals surface area (Å²) in [4.78, 5) is 12.9. The minimum atomic E-state index is -0.422. The molecule has 4 heteroatoms. The highest BCUT2D eigenvalue weighted by Crippen LogP contribution is 2.63. The molecule has 3 nitrogen and oxygen atoms in total. The van der Waals surface area contributed by atoms with Gasteiger partial charge in [0.1, 0.15) is 5.82 Å². The summed E-state index contributed by atoms with van der Waals surface area (Å²) >= 11 is 0. The van der Waals surface area contributed by atoms with Crippen LogP contribution >= 0.6 is 0 Å². The number of anilines is 2. The summed E-state index contributed by atoms with van der Waals surface area (Å²) in [6, 6.07) is 23.3. The molecule has 0 saturated heterocycles. The molecule has 1 aliphatic heterocycles. The van der Waals surface area contributed by atoms with Gasteiger partial charge in [-0.1, -0.05) is 42.5 Å². The average Bonchev–Trinajstić information content (AvgIpc) is 3.43. The van der Waals surface area contributed by atoms with E-state index in [0.717, 1.165) is 11.6 Å².